The Morgan fingerprint density at radius 1 is 1.27 bits per heavy atom. The van der Waals surface area contributed by atoms with Crippen molar-refractivity contribution in [2.45, 2.75) is 6.04 Å². The normalized spacial score (nSPS) is 14.7. The number of amides is 3. The van der Waals surface area contributed by atoms with Crippen LogP contribution in [0.25, 0.3) is 0 Å². The van der Waals surface area contributed by atoms with Crippen molar-refractivity contribution in [1.29, 1.82) is 0 Å². The van der Waals surface area contributed by atoms with Gasteiger partial charge in [-0.3, -0.25) is 9.59 Å². The Hall–Kier alpha value is -3.42. The fourth-order valence-corrected chi connectivity index (χ4v) is 2.54. The van der Waals surface area contributed by atoms with Crippen LogP contribution in [0.5, 0.6) is 5.88 Å². The predicted octanol–water partition coefficient (Wildman–Crippen LogP) is 1.54. The third-order valence-electron chi connectivity index (χ3n) is 3.92. The van der Waals surface area contributed by atoms with E-state index in [1.807, 2.05) is 30.3 Å². The molecule has 1 atom stereocenters. The molecule has 1 N–H and O–H groups in total. The van der Waals surface area contributed by atoms with Crippen molar-refractivity contribution >= 4 is 17.9 Å². The fourth-order valence-electron chi connectivity index (χ4n) is 2.54. The number of nitrogens with zero attached hydrogens (tertiary/aromatic N) is 2. The minimum Gasteiger partial charge on any atom is -0.481 e. The van der Waals surface area contributed by atoms with Gasteiger partial charge in [-0.25, -0.2) is 14.7 Å². The number of imide groups is 1. The first-order valence-electron chi connectivity index (χ1n) is 7.91. The Labute approximate surface area is 149 Å². The molecule has 3 amide bonds. The van der Waals surface area contributed by atoms with Gasteiger partial charge in [0.05, 0.1) is 25.3 Å². The first-order chi connectivity index (χ1) is 12.6. The maximum Gasteiger partial charge on any atom is 0.417 e. The minimum absolute atomic E-state index is 0.0169. The van der Waals surface area contributed by atoms with Crippen LogP contribution in [0.1, 0.15) is 22.0 Å². The van der Waals surface area contributed by atoms with E-state index < -0.39 is 18.0 Å². The molecule has 0 aliphatic carbocycles. The van der Waals surface area contributed by atoms with E-state index in [1.54, 1.807) is 12.1 Å². The number of pyridine rings is 1. The van der Waals surface area contributed by atoms with Gasteiger partial charge in [-0.1, -0.05) is 30.3 Å². The molecule has 1 aromatic heterocycles. The molecule has 1 aliphatic rings. The van der Waals surface area contributed by atoms with Gasteiger partial charge in [-0.15, -0.1) is 0 Å². The molecule has 2 aromatic rings. The number of methoxy groups -OCH3 is 1. The highest BCUT2D eigenvalue weighted by molar-refractivity contribution is 5.98. The first kappa shape index (κ1) is 17.4. The van der Waals surface area contributed by atoms with Crippen LogP contribution in [0.3, 0.4) is 0 Å². The van der Waals surface area contributed by atoms with Crippen molar-refractivity contribution in [3.8, 4) is 5.88 Å². The van der Waals surface area contributed by atoms with Crippen LogP contribution in [0, 0.1) is 0 Å². The van der Waals surface area contributed by atoms with Crippen LogP contribution in [-0.4, -0.2) is 48.1 Å². The number of carbonyl (C=O) groups is 3. The lowest BCUT2D eigenvalue weighted by molar-refractivity contribution is -0.126. The molecule has 8 nitrogen and oxygen atoms in total. The van der Waals surface area contributed by atoms with E-state index in [9.17, 15) is 14.4 Å². The summed E-state index contributed by atoms with van der Waals surface area (Å²) in [6.45, 7) is -0.298. The summed E-state index contributed by atoms with van der Waals surface area (Å²) in [5, 5.41) is 2.83. The van der Waals surface area contributed by atoms with E-state index in [0.717, 1.165) is 10.5 Å². The highest BCUT2D eigenvalue weighted by Crippen LogP contribution is 2.18. The zero-order chi connectivity index (χ0) is 18.5. The Morgan fingerprint density at radius 2 is 2.04 bits per heavy atom. The molecule has 2 heterocycles. The largest absolute Gasteiger partial charge is 0.481 e. The topological polar surface area (TPSA) is 97.8 Å². The van der Waals surface area contributed by atoms with Gasteiger partial charge in [0.15, 0.2) is 6.61 Å². The number of carbonyl (C=O) groups excluding carboxylic acids is 3. The van der Waals surface area contributed by atoms with Gasteiger partial charge in [0.25, 0.3) is 11.8 Å². The summed E-state index contributed by atoms with van der Waals surface area (Å²) < 4.78 is 9.70. The molecule has 1 aliphatic heterocycles. The second-order valence-corrected chi connectivity index (χ2v) is 5.58. The molecule has 1 saturated heterocycles. The monoisotopic (exact) mass is 355 g/mol. The lowest BCUT2D eigenvalue weighted by Gasteiger charge is -2.22. The number of benzene rings is 1. The summed E-state index contributed by atoms with van der Waals surface area (Å²) in [4.78, 5) is 41.1. The van der Waals surface area contributed by atoms with Crippen LogP contribution >= 0.6 is 0 Å². The van der Waals surface area contributed by atoms with Crippen molar-refractivity contribution in [1.82, 2.24) is 15.2 Å². The molecule has 0 radical (unpaired) electrons. The van der Waals surface area contributed by atoms with Crippen LogP contribution in [0.2, 0.25) is 0 Å². The van der Waals surface area contributed by atoms with Crippen molar-refractivity contribution in [3.05, 3.63) is 59.8 Å². The Morgan fingerprint density at radius 3 is 2.62 bits per heavy atom. The predicted molar refractivity (Wildman–Crippen MR) is 90.5 cm³/mol. The van der Waals surface area contributed by atoms with Crippen LogP contribution in [0.4, 0.5) is 4.79 Å². The molecule has 0 spiro atoms. The number of hydrogen-bond acceptors (Lipinski definition) is 6. The van der Waals surface area contributed by atoms with E-state index in [4.69, 9.17) is 9.47 Å². The third kappa shape index (κ3) is 3.80. The number of ether oxygens (including phenoxy) is 2. The van der Waals surface area contributed by atoms with Crippen LogP contribution in [0.15, 0.2) is 48.7 Å². The average molecular weight is 355 g/mol. The number of cyclic esters (lactones) is 1. The molecule has 26 heavy (non-hydrogen) atoms. The van der Waals surface area contributed by atoms with Gasteiger partial charge in [-0.05, 0) is 11.6 Å². The van der Waals surface area contributed by atoms with E-state index in [-0.39, 0.29) is 19.1 Å². The Kier molecular flexibility index (Phi) is 5.12. The summed E-state index contributed by atoms with van der Waals surface area (Å²) in [6.07, 6.45) is 0.683. The summed E-state index contributed by atoms with van der Waals surface area (Å²) in [7, 11) is 1.49. The highest BCUT2D eigenvalue weighted by Gasteiger charge is 2.33. The molecule has 3 rings (SSSR count). The van der Waals surface area contributed by atoms with Crippen molar-refractivity contribution in [2.24, 2.45) is 0 Å². The molecule has 0 saturated carbocycles. The van der Waals surface area contributed by atoms with Crippen LogP contribution in [-0.2, 0) is 9.53 Å². The quantitative estimate of drug-likeness (QED) is 0.844. The van der Waals surface area contributed by atoms with E-state index in [2.05, 4.69) is 10.3 Å². The summed E-state index contributed by atoms with van der Waals surface area (Å²) in [5.41, 5.74) is 1.09. The lowest BCUT2D eigenvalue weighted by atomic mass is 10.1. The molecule has 1 fully saturated rings. The SMILES string of the molecule is COc1ccc(C(=O)NC(CN2C(=O)COC2=O)c2ccccc2)cn1. The summed E-state index contributed by atoms with van der Waals surface area (Å²) in [5.74, 6) is -0.420. The zero-order valence-electron chi connectivity index (χ0n) is 14.0. The summed E-state index contributed by atoms with van der Waals surface area (Å²) >= 11 is 0. The number of nitrogens with one attached hydrogen (secondary N) is 1. The number of rotatable bonds is 6. The average Bonchev–Trinajstić information content (AvgIpc) is 3.00. The maximum absolute atomic E-state index is 12.6. The first-order valence-corrected chi connectivity index (χ1v) is 7.91. The molecule has 8 heteroatoms. The summed E-state index contributed by atoms with van der Waals surface area (Å²) in [6, 6.07) is 11.7. The lowest BCUT2D eigenvalue weighted by Crippen LogP contribution is -2.40. The molecule has 134 valence electrons. The second-order valence-electron chi connectivity index (χ2n) is 5.58. The fraction of sp³-hybridized carbons (Fsp3) is 0.222. The van der Waals surface area contributed by atoms with Crippen LogP contribution < -0.4 is 10.1 Å². The Balaban J connectivity index is 1.80. The third-order valence-corrected chi connectivity index (χ3v) is 3.92. The maximum atomic E-state index is 12.6. The zero-order valence-corrected chi connectivity index (χ0v) is 14.0. The van der Waals surface area contributed by atoms with Crippen molar-refractivity contribution in [3.63, 3.8) is 0 Å². The van der Waals surface area contributed by atoms with Crippen molar-refractivity contribution < 1.29 is 23.9 Å². The molecule has 1 unspecified atom stereocenters. The van der Waals surface area contributed by atoms with E-state index in [0.29, 0.717) is 11.4 Å². The molecular weight excluding hydrogens is 338 g/mol. The van der Waals surface area contributed by atoms with Gasteiger partial charge >= 0.3 is 6.09 Å². The van der Waals surface area contributed by atoms with Gasteiger partial charge in [0.1, 0.15) is 0 Å². The van der Waals surface area contributed by atoms with Gasteiger partial charge in [0, 0.05) is 12.3 Å². The van der Waals surface area contributed by atoms with Gasteiger partial charge < -0.3 is 14.8 Å². The number of hydrogen-bond donors (Lipinski definition) is 1. The standard InChI is InChI=1S/C18H17N3O5/c1-25-15-8-7-13(9-19-15)17(23)20-14(12-5-3-2-4-6-12)10-21-16(22)11-26-18(21)24/h2-9,14H,10-11H2,1H3,(H,20,23). The minimum atomic E-state index is -0.712. The second kappa shape index (κ2) is 7.64. The van der Waals surface area contributed by atoms with E-state index >= 15 is 0 Å². The Bertz CT molecular complexity index is 791. The van der Waals surface area contributed by atoms with E-state index in [1.165, 1.54) is 13.3 Å². The highest BCUT2D eigenvalue weighted by atomic mass is 16.6. The molecule has 1 aromatic carbocycles. The molecular formula is C18H17N3O5. The van der Waals surface area contributed by atoms with Crippen molar-refractivity contribution in [2.75, 3.05) is 20.3 Å². The van der Waals surface area contributed by atoms with Gasteiger partial charge in [-0.2, -0.15) is 0 Å². The number of aromatic nitrogens is 1. The smallest absolute Gasteiger partial charge is 0.417 e. The molecule has 0 bridgehead atoms. The van der Waals surface area contributed by atoms with Gasteiger partial charge in [0.2, 0.25) is 5.88 Å².